The molecule has 70 valence electrons. The average Bonchev–Trinajstić information content (AvgIpc) is 2.03. The van der Waals surface area contributed by atoms with Crippen LogP contribution in [0.1, 0.15) is 10.4 Å². The van der Waals surface area contributed by atoms with E-state index in [9.17, 15) is 18.0 Å². The summed E-state index contributed by atoms with van der Waals surface area (Å²) in [6, 6.07) is 2.12. The van der Waals surface area contributed by atoms with Gasteiger partial charge in [-0.3, -0.25) is 4.79 Å². The average molecular weight is 190 g/mol. The lowest BCUT2D eigenvalue weighted by molar-refractivity contribution is -0.0885. The van der Waals surface area contributed by atoms with E-state index in [4.69, 9.17) is 5.73 Å². The predicted molar refractivity (Wildman–Crippen MR) is 39.0 cm³/mol. The Balaban J connectivity index is 2.97. The summed E-state index contributed by atoms with van der Waals surface area (Å²) in [5.74, 6) is -1.85. The third kappa shape index (κ3) is 2.17. The summed E-state index contributed by atoms with van der Waals surface area (Å²) in [5, 5.41) is 0. The van der Waals surface area contributed by atoms with Gasteiger partial charge in [0.25, 0.3) is 5.78 Å². The van der Waals surface area contributed by atoms with Gasteiger partial charge in [-0.2, -0.15) is 13.2 Å². The van der Waals surface area contributed by atoms with Crippen molar-refractivity contribution in [3.63, 3.8) is 0 Å². The van der Waals surface area contributed by atoms with Gasteiger partial charge in [-0.1, -0.05) is 0 Å². The van der Waals surface area contributed by atoms with Crippen LogP contribution in [0.15, 0.2) is 18.3 Å². The smallest absolute Gasteiger partial charge is 0.384 e. The van der Waals surface area contributed by atoms with Gasteiger partial charge in [-0.25, -0.2) is 4.98 Å². The second-order valence-corrected chi connectivity index (χ2v) is 2.30. The minimum Gasteiger partial charge on any atom is -0.384 e. The van der Waals surface area contributed by atoms with Crippen LogP contribution in [0.2, 0.25) is 0 Å². The minimum atomic E-state index is -4.86. The zero-order chi connectivity index (χ0) is 10.1. The lowest BCUT2D eigenvalue weighted by Crippen LogP contribution is -2.22. The standard InChI is InChI=1S/C7H5F3N2O/c8-7(9,10)6(13)4-1-2-5(11)12-3-4/h1-3H,(H2,11,12). The topological polar surface area (TPSA) is 56.0 Å². The summed E-state index contributed by atoms with van der Waals surface area (Å²) in [7, 11) is 0. The molecular formula is C7H5F3N2O. The number of nitrogens with two attached hydrogens (primary N) is 1. The van der Waals surface area contributed by atoms with Crippen LogP contribution in [-0.4, -0.2) is 16.9 Å². The van der Waals surface area contributed by atoms with Crippen LogP contribution in [0.4, 0.5) is 19.0 Å². The molecule has 0 saturated heterocycles. The van der Waals surface area contributed by atoms with Crippen molar-refractivity contribution in [1.29, 1.82) is 0 Å². The molecule has 0 fully saturated rings. The van der Waals surface area contributed by atoms with Crippen LogP contribution < -0.4 is 5.73 Å². The first-order valence-corrected chi connectivity index (χ1v) is 3.24. The molecular weight excluding hydrogens is 185 g/mol. The van der Waals surface area contributed by atoms with Gasteiger partial charge in [0, 0.05) is 11.8 Å². The molecule has 6 heteroatoms. The van der Waals surface area contributed by atoms with Crippen LogP contribution >= 0.6 is 0 Å². The molecule has 3 nitrogen and oxygen atoms in total. The second-order valence-electron chi connectivity index (χ2n) is 2.30. The normalized spacial score (nSPS) is 11.3. The van der Waals surface area contributed by atoms with Crippen molar-refractivity contribution in [1.82, 2.24) is 4.98 Å². The summed E-state index contributed by atoms with van der Waals surface area (Å²) in [5.41, 5.74) is 4.62. The third-order valence-electron chi connectivity index (χ3n) is 1.31. The lowest BCUT2D eigenvalue weighted by atomic mass is 10.2. The number of carbonyl (C=O) groups excluding carboxylic acids is 1. The summed E-state index contributed by atoms with van der Waals surface area (Å²) in [4.78, 5) is 13.9. The van der Waals surface area contributed by atoms with E-state index in [1.54, 1.807) is 0 Å². The Morgan fingerprint density at radius 2 is 2.00 bits per heavy atom. The van der Waals surface area contributed by atoms with Gasteiger partial charge in [-0.05, 0) is 12.1 Å². The molecule has 0 spiro atoms. The number of halogens is 3. The molecule has 1 heterocycles. The number of alkyl halides is 3. The molecule has 0 aliphatic rings. The lowest BCUT2D eigenvalue weighted by Gasteiger charge is -2.03. The number of ketones is 1. The van der Waals surface area contributed by atoms with Crippen molar-refractivity contribution < 1.29 is 18.0 Å². The fourth-order valence-electron chi connectivity index (χ4n) is 0.703. The number of nitrogen functional groups attached to an aromatic ring is 1. The summed E-state index contributed by atoms with van der Waals surface area (Å²) >= 11 is 0. The molecule has 1 aromatic heterocycles. The first-order valence-electron chi connectivity index (χ1n) is 3.24. The number of rotatable bonds is 1. The van der Waals surface area contributed by atoms with Crippen LogP contribution in [-0.2, 0) is 0 Å². The third-order valence-corrected chi connectivity index (χ3v) is 1.31. The molecule has 0 saturated carbocycles. The zero-order valence-electron chi connectivity index (χ0n) is 6.30. The SMILES string of the molecule is Nc1ccc(C(=O)C(F)(F)F)cn1. The van der Waals surface area contributed by atoms with Crippen LogP contribution in [0, 0.1) is 0 Å². The van der Waals surface area contributed by atoms with E-state index >= 15 is 0 Å². The van der Waals surface area contributed by atoms with Gasteiger partial charge in [-0.15, -0.1) is 0 Å². The first-order chi connectivity index (χ1) is 5.91. The zero-order valence-corrected chi connectivity index (χ0v) is 6.30. The maximum atomic E-state index is 11.8. The predicted octanol–water partition coefficient (Wildman–Crippen LogP) is 1.41. The molecule has 0 bridgehead atoms. The number of anilines is 1. The van der Waals surface area contributed by atoms with E-state index in [1.165, 1.54) is 0 Å². The van der Waals surface area contributed by atoms with Crippen molar-refractivity contribution in [2.24, 2.45) is 0 Å². The van der Waals surface area contributed by atoms with Gasteiger partial charge < -0.3 is 5.73 Å². The van der Waals surface area contributed by atoms with E-state index in [0.29, 0.717) is 0 Å². The highest BCUT2D eigenvalue weighted by Crippen LogP contribution is 2.20. The summed E-state index contributed by atoms with van der Waals surface area (Å²) < 4.78 is 35.5. The van der Waals surface area contributed by atoms with Crippen molar-refractivity contribution >= 4 is 11.6 Å². The highest BCUT2D eigenvalue weighted by molar-refractivity contribution is 6.00. The molecule has 1 rings (SSSR count). The fraction of sp³-hybridized carbons (Fsp3) is 0.143. The Hall–Kier alpha value is -1.59. The van der Waals surface area contributed by atoms with E-state index in [1.807, 2.05) is 0 Å². The van der Waals surface area contributed by atoms with Crippen LogP contribution in [0.3, 0.4) is 0 Å². The maximum absolute atomic E-state index is 11.8. The van der Waals surface area contributed by atoms with E-state index in [2.05, 4.69) is 4.98 Å². The Morgan fingerprint density at radius 3 is 2.38 bits per heavy atom. The monoisotopic (exact) mass is 190 g/mol. The first kappa shape index (κ1) is 9.50. The van der Waals surface area contributed by atoms with Gasteiger partial charge in [0.1, 0.15) is 5.82 Å². The molecule has 0 aromatic carbocycles. The molecule has 1 aromatic rings. The van der Waals surface area contributed by atoms with Crippen LogP contribution in [0.5, 0.6) is 0 Å². The maximum Gasteiger partial charge on any atom is 0.454 e. The van der Waals surface area contributed by atoms with E-state index in [0.717, 1.165) is 18.3 Å². The Labute approximate surface area is 71.4 Å². The molecule has 0 aliphatic carbocycles. The van der Waals surface area contributed by atoms with Crippen molar-refractivity contribution in [3.05, 3.63) is 23.9 Å². The Bertz CT molecular complexity index is 318. The number of aromatic nitrogens is 1. The van der Waals surface area contributed by atoms with Gasteiger partial charge in [0.05, 0.1) is 0 Å². The molecule has 0 unspecified atom stereocenters. The van der Waals surface area contributed by atoms with Crippen LogP contribution in [0.25, 0.3) is 0 Å². The molecule has 0 aliphatic heterocycles. The van der Waals surface area contributed by atoms with Gasteiger partial charge in [0.15, 0.2) is 0 Å². The number of pyridine rings is 1. The van der Waals surface area contributed by atoms with Gasteiger partial charge >= 0.3 is 6.18 Å². The molecule has 13 heavy (non-hydrogen) atoms. The number of hydrogen-bond donors (Lipinski definition) is 1. The van der Waals surface area contributed by atoms with E-state index < -0.39 is 17.5 Å². The summed E-state index contributed by atoms with van der Waals surface area (Å²) in [6.45, 7) is 0. The summed E-state index contributed by atoms with van der Waals surface area (Å²) in [6.07, 6.45) is -4.07. The minimum absolute atomic E-state index is 0.0683. The van der Waals surface area contributed by atoms with Crippen molar-refractivity contribution in [2.45, 2.75) is 6.18 Å². The number of Topliss-reactive ketones (excluding diaryl/α,β-unsaturated/α-hetero) is 1. The fourth-order valence-corrected chi connectivity index (χ4v) is 0.703. The quantitative estimate of drug-likeness (QED) is 0.681. The van der Waals surface area contributed by atoms with Crippen molar-refractivity contribution in [3.8, 4) is 0 Å². The molecule has 2 N–H and O–H groups in total. The number of carbonyl (C=O) groups is 1. The number of hydrogen-bond acceptors (Lipinski definition) is 3. The largest absolute Gasteiger partial charge is 0.454 e. The molecule has 0 amide bonds. The molecule has 0 atom stereocenters. The Kier molecular flexibility index (Phi) is 2.22. The van der Waals surface area contributed by atoms with Gasteiger partial charge in [0.2, 0.25) is 0 Å². The van der Waals surface area contributed by atoms with Crippen molar-refractivity contribution in [2.75, 3.05) is 5.73 Å². The second kappa shape index (κ2) is 3.04. The number of nitrogens with zero attached hydrogens (tertiary/aromatic N) is 1. The highest BCUT2D eigenvalue weighted by atomic mass is 19.4. The highest BCUT2D eigenvalue weighted by Gasteiger charge is 2.39. The van der Waals surface area contributed by atoms with E-state index in [-0.39, 0.29) is 5.82 Å². The Morgan fingerprint density at radius 1 is 1.38 bits per heavy atom. The molecule has 0 radical (unpaired) electrons.